The van der Waals surface area contributed by atoms with Crippen molar-refractivity contribution in [2.75, 3.05) is 0 Å². The van der Waals surface area contributed by atoms with Crippen LogP contribution in [0.2, 0.25) is 0 Å². The minimum atomic E-state index is 0.327. The summed E-state index contributed by atoms with van der Waals surface area (Å²) in [5.41, 5.74) is 12.8. The van der Waals surface area contributed by atoms with Crippen molar-refractivity contribution < 1.29 is 0 Å². The summed E-state index contributed by atoms with van der Waals surface area (Å²) in [4.78, 5) is 10.3. The van der Waals surface area contributed by atoms with E-state index in [1.165, 1.54) is 80.7 Å². The van der Waals surface area contributed by atoms with E-state index >= 15 is 0 Å². The number of fused-ring (bicyclic) bond motifs is 10. The van der Waals surface area contributed by atoms with Gasteiger partial charge in [-0.05, 0) is 73.9 Å². The van der Waals surface area contributed by atoms with Gasteiger partial charge in [0.1, 0.15) is 0 Å². The van der Waals surface area contributed by atoms with E-state index in [0.717, 1.165) is 45.9 Å². The molecule has 0 fully saturated rings. The predicted molar refractivity (Wildman–Crippen MR) is 257 cm³/mol. The van der Waals surface area contributed by atoms with Gasteiger partial charge in [-0.25, -0.2) is 4.98 Å². The van der Waals surface area contributed by atoms with Crippen LogP contribution in [0.3, 0.4) is 0 Å². The summed E-state index contributed by atoms with van der Waals surface area (Å²) >= 11 is 1.95. The molecule has 0 radical (unpaired) electrons. The molecule has 2 heterocycles. The number of thiophene rings is 1. The second-order valence-electron chi connectivity index (χ2n) is 15.9. The van der Waals surface area contributed by atoms with Gasteiger partial charge in [-0.1, -0.05) is 188 Å². The molecule has 3 heteroatoms. The van der Waals surface area contributed by atoms with E-state index in [1.54, 1.807) is 0 Å². The van der Waals surface area contributed by atoms with Gasteiger partial charge < -0.3 is 0 Å². The third-order valence-electron chi connectivity index (χ3n) is 12.5. The average Bonchev–Trinajstić information content (AvgIpc) is 3.53. The molecule has 60 heavy (non-hydrogen) atoms. The van der Waals surface area contributed by atoms with Crippen LogP contribution in [0.15, 0.2) is 212 Å². The van der Waals surface area contributed by atoms with E-state index in [2.05, 4.69) is 194 Å². The zero-order chi connectivity index (χ0) is 39.6. The molecule has 0 bridgehead atoms. The van der Waals surface area contributed by atoms with Gasteiger partial charge in [-0.15, -0.1) is 11.3 Å². The van der Waals surface area contributed by atoms with E-state index in [0.29, 0.717) is 5.92 Å². The Hall–Kier alpha value is -7.20. The SMILES string of the molecule is C1=CC(c2cccc(-c3cnc4c5ccccc5c5ccccc5c4n3)c2)=CCC=C1C1=CCC(c2cccc3c2sc2c(-c4cccc5ccccc45)cccc23)C=C1. The van der Waals surface area contributed by atoms with E-state index in [1.807, 2.05) is 17.5 Å². The molecule has 2 aliphatic carbocycles. The highest BCUT2D eigenvalue weighted by Crippen LogP contribution is 2.45. The van der Waals surface area contributed by atoms with Crippen molar-refractivity contribution >= 4 is 80.4 Å². The summed E-state index contributed by atoms with van der Waals surface area (Å²) in [5.74, 6) is 0.327. The van der Waals surface area contributed by atoms with Gasteiger partial charge in [0.25, 0.3) is 0 Å². The van der Waals surface area contributed by atoms with Crippen molar-refractivity contribution in [2.45, 2.75) is 18.8 Å². The molecule has 2 nitrogen and oxygen atoms in total. The number of allylic oxidation sites excluding steroid dienone is 10. The summed E-state index contributed by atoms with van der Waals surface area (Å²) in [6.07, 6.45) is 20.2. The van der Waals surface area contributed by atoms with Crippen molar-refractivity contribution in [1.82, 2.24) is 9.97 Å². The number of nitrogens with zero attached hydrogens (tertiary/aromatic N) is 2. The lowest BCUT2D eigenvalue weighted by Crippen LogP contribution is -2.00. The maximum absolute atomic E-state index is 5.26. The molecule has 8 aromatic carbocycles. The van der Waals surface area contributed by atoms with Crippen LogP contribution < -0.4 is 0 Å². The molecule has 1 atom stereocenters. The Bertz CT molecular complexity index is 3520. The zero-order valence-electron chi connectivity index (χ0n) is 32.8. The number of hydrogen-bond donors (Lipinski definition) is 0. The zero-order valence-corrected chi connectivity index (χ0v) is 33.7. The van der Waals surface area contributed by atoms with Gasteiger partial charge in [-0.3, -0.25) is 4.98 Å². The molecule has 0 N–H and O–H groups in total. The van der Waals surface area contributed by atoms with Crippen LogP contribution in [0.25, 0.3) is 91.5 Å². The van der Waals surface area contributed by atoms with Crippen LogP contribution in [-0.4, -0.2) is 9.97 Å². The van der Waals surface area contributed by atoms with Crippen LogP contribution in [0, 0.1) is 0 Å². The second kappa shape index (κ2) is 14.3. The van der Waals surface area contributed by atoms with Gasteiger partial charge in [0, 0.05) is 48.0 Å². The molecular formula is C57H38N2S. The second-order valence-corrected chi connectivity index (χ2v) is 16.9. The maximum atomic E-state index is 5.26. The molecule has 12 rings (SSSR count). The van der Waals surface area contributed by atoms with Crippen LogP contribution in [0.4, 0.5) is 0 Å². The Balaban J connectivity index is 0.811. The van der Waals surface area contributed by atoms with Crippen LogP contribution in [-0.2, 0) is 0 Å². The first-order valence-corrected chi connectivity index (χ1v) is 21.6. The van der Waals surface area contributed by atoms with Crippen molar-refractivity contribution in [3.8, 4) is 22.4 Å². The molecule has 0 saturated heterocycles. The largest absolute Gasteiger partial charge is 0.252 e. The quantitative estimate of drug-likeness (QED) is 0.163. The molecule has 10 aromatic rings. The Morgan fingerprint density at radius 1 is 0.467 bits per heavy atom. The van der Waals surface area contributed by atoms with Crippen molar-refractivity contribution in [1.29, 1.82) is 0 Å². The normalized spacial score (nSPS) is 15.5. The predicted octanol–water partition coefficient (Wildman–Crippen LogP) is 15.7. The first kappa shape index (κ1) is 34.8. The van der Waals surface area contributed by atoms with Crippen LogP contribution in [0.1, 0.15) is 29.9 Å². The highest BCUT2D eigenvalue weighted by atomic mass is 32.1. The minimum Gasteiger partial charge on any atom is -0.252 e. The molecular weight excluding hydrogens is 745 g/mol. The lowest BCUT2D eigenvalue weighted by Gasteiger charge is -2.18. The fraction of sp³-hybridized carbons (Fsp3) is 0.0526. The summed E-state index contributed by atoms with van der Waals surface area (Å²) in [5, 5.41) is 9.95. The Morgan fingerprint density at radius 3 is 1.92 bits per heavy atom. The third-order valence-corrected chi connectivity index (χ3v) is 13.8. The van der Waals surface area contributed by atoms with Gasteiger partial charge in [0.05, 0.1) is 22.9 Å². The Labute approximate surface area is 352 Å². The molecule has 0 spiro atoms. The summed E-state index contributed by atoms with van der Waals surface area (Å²) in [6, 6.07) is 54.9. The lowest BCUT2D eigenvalue weighted by atomic mass is 9.87. The van der Waals surface area contributed by atoms with E-state index < -0.39 is 0 Å². The van der Waals surface area contributed by atoms with E-state index in [4.69, 9.17) is 9.97 Å². The Kier molecular flexibility index (Phi) is 8.28. The van der Waals surface area contributed by atoms with Crippen LogP contribution >= 0.6 is 11.3 Å². The molecule has 0 aliphatic heterocycles. The smallest absolute Gasteiger partial charge is 0.0979 e. The van der Waals surface area contributed by atoms with Crippen LogP contribution in [0.5, 0.6) is 0 Å². The molecule has 0 amide bonds. The number of rotatable bonds is 5. The topological polar surface area (TPSA) is 25.8 Å². The van der Waals surface area contributed by atoms with Crippen molar-refractivity contribution in [3.63, 3.8) is 0 Å². The minimum absolute atomic E-state index is 0.327. The van der Waals surface area contributed by atoms with Gasteiger partial charge in [-0.2, -0.15) is 0 Å². The fourth-order valence-electron chi connectivity index (χ4n) is 9.55. The Morgan fingerprint density at radius 2 is 1.08 bits per heavy atom. The average molecular weight is 783 g/mol. The third kappa shape index (κ3) is 5.77. The lowest BCUT2D eigenvalue weighted by molar-refractivity contribution is 0.856. The maximum Gasteiger partial charge on any atom is 0.0979 e. The molecule has 2 aliphatic rings. The molecule has 1 unspecified atom stereocenters. The fourth-order valence-corrected chi connectivity index (χ4v) is 11.0. The highest BCUT2D eigenvalue weighted by Gasteiger charge is 2.20. The summed E-state index contributed by atoms with van der Waals surface area (Å²) < 4.78 is 2.76. The molecule has 282 valence electrons. The van der Waals surface area contributed by atoms with Crippen molar-refractivity contribution in [3.05, 3.63) is 223 Å². The first-order valence-electron chi connectivity index (χ1n) is 20.8. The van der Waals surface area contributed by atoms with E-state index in [-0.39, 0.29) is 0 Å². The van der Waals surface area contributed by atoms with Crippen molar-refractivity contribution in [2.24, 2.45) is 0 Å². The van der Waals surface area contributed by atoms with Gasteiger partial charge in [0.2, 0.25) is 0 Å². The first-order chi connectivity index (χ1) is 29.7. The standard InChI is InChI=1S/C57H38N2S/c1-2-18-43-39(12-1)15-9-24-45(43)50-25-11-27-52-51-26-10-23-44(56(51)60-57(50)52)40-32-30-38(31-33-40)36-13-7-14-37(29-28-36)41-16-8-17-42(34-41)53-35-58-54-48-21-5-3-19-46(48)47-20-4-6-22-49(47)55(54)59-53/h1-6,8-32,34-35,40H,7,33H2. The number of benzene rings is 8. The van der Waals surface area contributed by atoms with Gasteiger partial charge >= 0.3 is 0 Å². The number of aromatic nitrogens is 2. The van der Waals surface area contributed by atoms with Gasteiger partial charge in [0.15, 0.2) is 0 Å². The molecule has 0 saturated carbocycles. The number of hydrogen-bond acceptors (Lipinski definition) is 3. The highest BCUT2D eigenvalue weighted by molar-refractivity contribution is 7.26. The summed E-state index contributed by atoms with van der Waals surface area (Å²) in [7, 11) is 0. The van der Waals surface area contributed by atoms with E-state index in [9.17, 15) is 0 Å². The monoisotopic (exact) mass is 782 g/mol. The molecule has 2 aromatic heterocycles. The summed E-state index contributed by atoms with van der Waals surface area (Å²) in [6.45, 7) is 0.